The average Bonchev–Trinajstić information content (AvgIpc) is 2.83. The Morgan fingerprint density at radius 3 is 2.95 bits per heavy atom. The van der Waals surface area contributed by atoms with Gasteiger partial charge >= 0.3 is 0 Å². The molecule has 0 aliphatic heterocycles. The lowest BCUT2D eigenvalue weighted by molar-refractivity contribution is 0.102. The molecule has 0 atom stereocenters. The van der Waals surface area contributed by atoms with Gasteiger partial charge in [-0.25, -0.2) is 4.98 Å². The first kappa shape index (κ1) is 14.0. The zero-order valence-electron chi connectivity index (χ0n) is 11.2. The van der Waals surface area contributed by atoms with E-state index in [1.807, 2.05) is 31.2 Å². The molecule has 0 bridgehead atoms. The smallest absolute Gasteiger partial charge is 0.258 e. The number of rotatable bonds is 2. The molecule has 21 heavy (non-hydrogen) atoms. The van der Waals surface area contributed by atoms with Gasteiger partial charge in [0.05, 0.1) is 15.8 Å². The number of halogens is 1. The predicted octanol–water partition coefficient (Wildman–Crippen LogP) is 4.20. The Bertz CT molecular complexity index is 844. The van der Waals surface area contributed by atoms with Crippen LogP contribution in [0.2, 0.25) is 0 Å². The van der Waals surface area contributed by atoms with E-state index in [9.17, 15) is 4.79 Å². The van der Waals surface area contributed by atoms with Crippen molar-refractivity contribution in [1.82, 2.24) is 4.98 Å². The number of anilines is 2. The van der Waals surface area contributed by atoms with E-state index in [0.29, 0.717) is 16.4 Å². The number of nitrogens with two attached hydrogens (primary N) is 1. The third-order valence-electron chi connectivity index (χ3n) is 3.07. The lowest BCUT2D eigenvalue weighted by atomic mass is 10.1. The zero-order chi connectivity index (χ0) is 15.0. The van der Waals surface area contributed by atoms with Gasteiger partial charge < -0.3 is 5.73 Å². The summed E-state index contributed by atoms with van der Waals surface area (Å²) in [6, 6.07) is 11.1. The van der Waals surface area contributed by atoms with Gasteiger partial charge in [-0.1, -0.05) is 23.5 Å². The third-order valence-corrected chi connectivity index (χ3v) is 5.06. The number of amides is 1. The molecule has 0 radical (unpaired) electrons. The molecule has 0 fully saturated rings. The van der Waals surface area contributed by atoms with Crippen LogP contribution in [0.25, 0.3) is 10.2 Å². The van der Waals surface area contributed by atoms with Crippen molar-refractivity contribution in [3.05, 3.63) is 52.0 Å². The Kier molecular flexibility index (Phi) is 3.65. The predicted molar refractivity (Wildman–Crippen MR) is 90.9 cm³/mol. The topological polar surface area (TPSA) is 68.0 Å². The quantitative estimate of drug-likeness (QED) is 0.672. The van der Waals surface area contributed by atoms with Crippen molar-refractivity contribution in [1.29, 1.82) is 0 Å². The Hall–Kier alpha value is -1.92. The number of carbonyl (C=O) groups excluding carboxylic acids is 1. The number of aromatic nitrogens is 1. The van der Waals surface area contributed by atoms with Gasteiger partial charge in [0.25, 0.3) is 5.91 Å². The molecule has 2 aromatic carbocycles. The van der Waals surface area contributed by atoms with Gasteiger partial charge in [0.1, 0.15) is 0 Å². The van der Waals surface area contributed by atoms with Crippen LogP contribution >= 0.6 is 27.3 Å². The van der Waals surface area contributed by atoms with Crippen LogP contribution in [0.1, 0.15) is 15.9 Å². The fraction of sp³-hybridized carbons (Fsp3) is 0.0667. The number of aryl methyl sites for hydroxylation is 1. The Labute approximate surface area is 134 Å². The number of hydrogen-bond donors (Lipinski definition) is 2. The highest BCUT2D eigenvalue weighted by molar-refractivity contribution is 9.10. The lowest BCUT2D eigenvalue weighted by Crippen LogP contribution is -2.12. The first-order chi connectivity index (χ1) is 10.0. The number of hydrogen-bond acceptors (Lipinski definition) is 4. The van der Waals surface area contributed by atoms with Crippen LogP contribution < -0.4 is 11.1 Å². The van der Waals surface area contributed by atoms with E-state index >= 15 is 0 Å². The van der Waals surface area contributed by atoms with Gasteiger partial charge in [-0.05, 0) is 52.7 Å². The van der Waals surface area contributed by atoms with Crippen molar-refractivity contribution in [3.63, 3.8) is 0 Å². The summed E-state index contributed by atoms with van der Waals surface area (Å²) < 4.78 is 1.75. The van der Waals surface area contributed by atoms with E-state index in [-0.39, 0.29) is 5.91 Å². The van der Waals surface area contributed by atoms with Crippen LogP contribution in [0.5, 0.6) is 0 Å². The summed E-state index contributed by atoms with van der Waals surface area (Å²) in [6.45, 7) is 1.95. The van der Waals surface area contributed by atoms with Crippen LogP contribution in [0.3, 0.4) is 0 Å². The number of nitrogen functional groups attached to an aromatic ring is 1. The number of benzene rings is 2. The highest BCUT2D eigenvalue weighted by Gasteiger charge is 2.13. The molecule has 106 valence electrons. The second-order valence-electron chi connectivity index (χ2n) is 4.64. The summed E-state index contributed by atoms with van der Waals surface area (Å²) >= 11 is 4.85. The molecule has 1 amide bonds. The van der Waals surface area contributed by atoms with Crippen molar-refractivity contribution in [3.8, 4) is 0 Å². The minimum atomic E-state index is -0.183. The van der Waals surface area contributed by atoms with Crippen molar-refractivity contribution < 1.29 is 4.79 Å². The third kappa shape index (κ3) is 2.77. The summed E-state index contributed by atoms with van der Waals surface area (Å²) in [6.07, 6.45) is 0. The van der Waals surface area contributed by atoms with Crippen LogP contribution in [0.15, 0.2) is 40.9 Å². The SMILES string of the molecule is Cc1cccc(C(=O)Nc2nc3ccc(N)cc3s2)c1Br. The summed E-state index contributed by atoms with van der Waals surface area (Å²) in [7, 11) is 0. The van der Waals surface area contributed by atoms with Crippen LogP contribution in [-0.4, -0.2) is 10.9 Å². The molecule has 1 aromatic heterocycles. The molecule has 3 N–H and O–H groups in total. The molecule has 0 saturated heterocycles. The standard InChI is InChI=1S/C15H12BrN3OS/c1-8-3-2-4-10(13(8)16)14(20)19-15-18-11-6-5-9(17)7-12(11)21-15/h2-7H,17H2,1H3,(H,18,19,20). The van der Waals surface area contributed by atoms with Gasteiger partial charge in [0, 0.05) is 10.2 Å². The lowest BCUT2D eigenvalue weighted by Gasteiger charge is -2.06. The molecule has 1 heterocycles. The van der Waals surface area contributed by atoms with E-state index in [2.05, 4.69) is 26.2 Å². The number of carbonyl (C=O) groups is 1. The fourth-order valence-corrected chi connectivity index (χ4v) is 3.34. The molecule has 0 saturated carbocycles. The number of nitrogens with one attached hydrogen (secondary N) is 1. The van der Waals surface area contributed by atoms with E-state index in [4.69, 9.17) is 5.73 Å². The molecule has 3 aromatic rings. The molecule has 6 heteroatoms. The molecular formula is C15H12BrN3OS. The summed E-state index contributed by atoms with van der Waals surface area (Å²) in [4.78, 5) is 16.7. The number of fused-ring (bicyclic) bond motifs is 1. The minimum Gasteiger partial charge on any atom is -0.399 e. The molecule has 0 aliphatic carbocycles. The van der Waals surface area contributed by atoms with Crippen molar-refractivity contribution in [2.24, 2.45) is 0 Å². The Balaban J connectivity index is 1.91. The summed E-state index contributed by atoms with van der Waals surface area (Å²) in [5.41, 5.74) is 8.86. The van der Waals surface area contributed by atoms with Gasteiger partial charge in [-0.15, -0.1) is 0 Å². The second-order valence-corrected chi connectivity index (χ2v) is 6.46. The van der Waals surface area contributed by atoms with Crippen LogP contribution in [0, 0.1) is 6.92 Å². The highest BCUT2D eigenvalue weighted by Crippen LogP contribution is 2.28. The van der Waals surface area contributed by atoms with Gasteiger partial charge in [0.15, 0.2) is 5.13 Å². The minimum absolute atomic E-state index is 0.183. The highest BCUT2D eigenvalue weighted by atomic mass is 79.9. The van der Waals surface area contributed by atoms with Gasteiger partial charge in [-0.3, -0.25) is 10.1 Å². The van der Waals surface area contributed by atoms with Crippen LogP contribution in [-0.2, 0) is 0 Å². The monoisotopic (exact) mass is 361 g/mol. The van der Waals surface area contributed by atoms with Crippen molar-refractivity contribution in [2.45, 2.75) is 6.92 Å². The van der Waals surface area contributed by atoms with E-state index < -0.39 is 0 Å². The normalized spacial score (nSPS) is 10.8. The molecular weight excluding hydrogens is 350 g/mol. The molecule has 4 nitrogen and oxygen atoms in total. The maximum Gasteiger partial charge on any atom is 0.258 e. The molecule has 0 unspecified atom stereocenters. The Morgan fingerprint density at radius 1 is 1.33 bits per heavy atom. The fourth-order valence-electron chi connectivity index (χ4n) is 1.98. The van der Waals surface area contributed by atoms with Crippen LogP contribution in [0.4, 0.5) is 10.8 Å². The van der Waals surface area contributed by atoms with Gasteiger partial charge in [0.2, 0.25) is 0 Å². The first-order valence-electron chi connectivity index (χ1n) is 6.27. The second kappa shape index (κ2) is 5.46. The molecule has 0 spiro atoms. The zero-order valence-corrected chi connectivity index (χ0v) is 13.6. The average molecular weight is 362 g/mol. The number of nitrogens with zero attached hydrogens (tertiary/aromatic N) is 1. The maximum absolute atomic E-state index is 12.3. The maximum atomic E-state index is 12.3. The molecule has 3 rings (SSSR count). The largest absolute Gasteiger partial charge is 0.399 e. The Morgan fingerprint density at radius 2 is 2.14 bits per heavy atom. The van der Waals surface area contributed by atoms with Crippen molar-refractivity contribution in [2.75, 3.05) is 11.1 Å². The van der Waals surface area contributed by atoms with E-state index in [1.165, 1.54) is 11.3 Å². The summed E-state index contributed by atoms with van der Waals surface area (Å²) in [5.74, 6) is -0.183. The van der Waals surface area contributed by atoms with E-state index in [1.54, 1.807) is 12.1 Å². The van der Waals surface area contributed by atoms with Crippen molar-refractivity contribution >= 4 is 54.2 Å². The van der Waals surface area contributed by atoms with Gasteiger partial charge in [-0.2, -0.15) is 0 Å². The number of thiazole rings is 1. The molecule has 0 aliphatic rings. The van der Waals surface area contributed by atoms with E-state index in [0.717, 1.165) is 20.3 Å². The first-order valence-corrected chi connectivity index (χ1v) is 7.88. The summed E-state index contributed by atoms with van der Waals surface area (Å²) in [5, 5.41) is 3.40.